The minimum atomic E-state index is -1.26. The van der Waals surface area contributed by atoms with Crippen molar-refractivity contribution in [2.75, 3.05) is 19.8 Å². The van der Waals surface area contributed by atoms with Crippen molar-refractivity contribution >= 4 is 29.5 Å². The number of carbonyl (C=O) groups is 1. The Balaban J connectivity index is 1.69. The molecule has 124 valence electrons. The second kappa shape index (κ2) is 9.06. The molecular weight excluding hydrogens is 318 g/mol. The van der Waals surface area contributed by atoms with Crippen molar-refractivity contribution in [3.05, 3.63) is 29.8 Å². The number of rotatable bonds is 7. The Morgan fingerprint density at radius 3 is 2.91 bits per heavy atom. The maximum Gasteiger partial charge on any atom is 0.187 e. The largest absolute Gasteiger partial charge is 0.546 e. The highest BCUT2D eigenvalue weighted by molar-refractivity contribution is 7.80. The molecule has 8 heteroatoms. The van der Waals surface area contributed by atoms with E-state index in [0.717, 1.165) is 25.0 Å². The lowest BCUT2D eigenvalue weighted by atomic mass is 10.2. The molecule has 2 N–H and O–H groups in total. The highest BCUT2D eigenvalue weighted by Gasteiger charge is 2.14. The Kier molecular flexibility index (Phi) is 6.76. The molecule has 0 bridgehead atoms. The molecule has 2 rings (SSSR count). The molecule has 0 saturated carbocycles. The highest BCUT2D eigenvalue weighted by atomic mass is 32.1. The van der Waals surface area contributed by atoms with E-state index in [0.29, 0.717) is 17.4 Å². The lowest BCUT2D eigenvalue weighted by Gasteiger charge is -2.11. The van der Waals surface area contributed by atoms with Crippen molar-refractivity contribution in [2.24, 2.45) is 5.10 Å². The van der Waals surface area contributed by atoms with Gasteiger partial charge in [-0.05, 0) is 54.9 Å². The first-order valence-electron chi connectivity index (χ1n) is 7.25. The average molecular weight is 336 g/mol. The number of benzene rings is 1. The van der Waals surface area contributed by atoms with Crippen LogP contribution in [0.25, 0.3) is 0 Å². The van der Waals surface area contributed by atoms with Crippen LogP contribution in [-0.4, -0.2) is 43.2 Å². The molecule has 1 atom stereocenters. The van der Waals surface area contributed by atoms with Crippen LogP contribution in [0.4, 0.5) is 0 Å². The van der Waals surface area contributed by atoms with E-state index < -0.39 is 12.6 Å². The predicted octanol–water partition coefficient (Wildman–Crippen LogP) is -0.208. The molecule has 0 radical (unpaired) electrons. The van der Waals surface area contributed by atoms with E-state index in [1.54, 1.807) is 30.5 Å². The van der Waals surface area contributed by atoms with Crippen molar-refractivity contribution in [3.63, 3.8) is 0 Å². The number of carboxylic acids is 1. The molecule has 1 aromatic rings. The van der Waals surface area contributed by atoms with Gasteiger partial charge in [-0.1, -0.05) is 0 Å². The third-order valence-electron chi connectivity index (χ3n) is 3.13. The minimum Gasteiger partial charge on any atom is -0.546 e. The molecule has 0 spiro atoms. The van der Waals surface area contributed by atoms with Gasteiger partial charge >= 0.3 is 0 Å². The first-order chi connectivity index (χ1) is 11.1. The number of hydrazone groups is 1. The molecule has 1 heterocycles. The molecule has 0 aromatic heterocycles. The third kappa shape index (κ3) is 6.62. The Bertz CT molecular complexity index is 556. The highest BCUT2D eigenvalue weighted by Crippen LogP contribution is 2.11. The van der Waals surface area contributed by atoms with E-state index in [9.17, 15) is 9.90 Å². The molecule has 1 fully saturated rings. The zero-order chi connectivity index (χ0) is 16.5. The first kappa shape index (κ1) is 17.2. The van der Waals surface area contributed by atoms with Crippen LogP contribution < -0.4 is 20.6 Å². The summed E-state index contributed by atoms with van der Waals surface area (Å²) >= 11 is 5.11. The van der Waals surface area contributed by atoms with Gasteiger partial charge in [0.1, 0.15) is 12.4 Å². The van der Waals surface area contributed by atoms with Gasteiger partial charge < -0.3 is 24.7 Å². The van der Waals surface area contributed by atoms with Crippen LogP contribution in [-0.2, 0) is 9.53 Å². The monoisotopic (exact) mass is 336 g/mol. The van der Waals surface area contributed by atoms with Gasteiger partial charge in [-0.3, -0.25) is 5.43 Å². The van der Waals surface area contributed by atoms with Crippen molar-refractivity contribution < 1.29 is 19.4 Å². The maximum atomic E-state index is 10.3. The molecule has 0 aliphatic carbocycles. The maximum absolute atomic E-state index is 10.3. The van der Waals surface area contributed by atoms with Crippen LogP contribution in [0.3, 0.4) is 0 Å². The van der Waals surface area contributed by atoms with Gasteiger partial charge in [0, 0.05) is 13.2 Å². The number of nitrogens with one attached hydrogen (secondary N) is 2. The molecule has 0 unspecified atom stereocenters. The number of hydrogen-bond acceptors (Lipinski definition) is 6. The molecule has 1 saturated heterocycles. The van der Waals surface area contributed by atoms with E-state index in [1.165, 1.54) is 0 Å². The quantitative estimate of drug-likeness (QED) is 0.404. The first-order valence-corrected chi connectivity index (χ1v) is 7.65. The van der Waals surface area contributed by atoms with E-state index in [4.69, 9.17) is 21.7 Å². The lowest BCUT2D eigenvalue weighted by molar-refractivity contribution is -0.307. The molecule has 1 aromatic carbocycles. The molecule has 1 aliphatic heterocycles. The zero-order valence-corrected chi connectivity index (χ0v) is 13.3. The summed E-state index contributed by atoms with van der Waals surface area (Å²) in [5.74, 6) is -0.808. The number of aliphatic carboxylic acids is 1. The summed E-state index contributed by atoms with van der Waals surface area (Å²) in [6, 6.07) is 6.80. The van der Waals surface area contributed by atoms with Gasteiger partial charge in [-0.15, -0.1) is 0 Å². The number of nitrogens with zero attached hydrogens (tertiary/aromatic N) is 1. The van der Waals surface area contributed by atoms with Crippen LogP contribution in [0.5, 0.6) is 5.75 Å². The van der Waals surface area contributed by atoms with Gasteiger partial charge in [-0.25, -0.2) is 0 Å². The summed E-state index contributed by atoms with van der Waals surface area (Å²) in [6.07, 6.45) is 3.95. The molecule has 7 nitrogen and oxygen atoms in total. The fraction of sp³-hybridized carbons (Fsp3) is 0.400. The Morgan fingerprint density at radius 1 is 1.48 bits per heavy atom. The van der Waals surface area contributed by atoms with Crippen LogP contribution >= 0.6 is 12.2 Å². The summed E-state index contributed by atoms with van der Waals surface area (Å²) in [7, 11) is 0. The van der Waals surface area contributed by atoms with Gasteiger partial charge in [-0.2, -0.15) is 5.10 Å². The van der Waals surface area contributed by atoms with Crippen molar-refractivity contribution in [1.82, 2.24) is 10.7 Å². The van der Waals surface area contributed by atoms with Crippen molar-refractivity contribution in [3.8, 4) is 5.75 Å². The summed E-state index contributed by atoms with van der Waals surface area (Å²) in [5.41, 5.74) is 3.55. The summed E-state index contributed by atoms with van der Waals surface area (Å²) in [6.45, 7) is 1.01. The summed E-state index contributed by atoms with van der Waals surface area (Å²) < 4.78 is 10.5. The second-order valence-electron chi connectivity index (χ2n) is 4.94. The number of ether oxygens (including phenoxy) is 2. The number of carbonyl (C=O) groups excluding carboxylic acids is 1. The molecule has 23 heavy (non-hydrogen) atoms. The standard InChI is InChI=1S/C15H19N3O4S/c19-14(20)10-22-12-5-3-11(4-6-12)8-17-18-15(23)16-9-13-2-1-7-21-13/h3-6,8,13H,1-2,7,9-10H2,(H,19,20)(H2,16,18,23)/p-1/b17-8-/t13-/m0/s1. The Labute approximate surface area is 139 Å². The van der Waals surface area contributed by atoms with E-state index in [1.807, 2.05) is 0 Å². The minimum absolute atomic E-state index is 0.215. The normalized spacial score (nSPS) is 17.1. The van der Waals surface area contributed by atoms with Gasteiger partial charge in [0.2, 0.25) is 0 Å². The number of carboxylic acid groups (broad SMARTS) is 1. The molecular formula is C15H18N3O4S-. The van der Waals surface area contributed by atoms with Crippen LogP contribution in [0.1, 0.15) is 18.4 Å². The fourth-order valence-electron chi connectivity index (χ4n) is 2.01. The van der Waals surface area contributed by atoms with Crippen LogP contribution in [0.2, 0.25) is 0 Å². The van der Waals surface area contributed by atoms with E-state index in [2.05, 4.69) is 15.8 Å². The fourth-order valence-corrected chi connectivity index (χ4v) is 2.15. The van der Waals surface area contributed by atoms with Gasteiger partial charge in [0.05, 0.1) is 18.3 Å². The van der Waals surface area contributed by atoms with E-state index >= 15 is 0 Å². The third-order valence-corrected chi connectivity index (χ3v) is 3.37. The lowest BCUT2D eigenvalue weighted by Crippen LogP contribution is -2.37. The average Bonchev–Trinajstić information content (AvgIpc) is 3.05. The van der Waals surface area contributed by atoms with Crippen molar-refractivity contribution in [2.45, 2.75) is 18.9 Å². The summed E-state index contributed by atoms with van der Waals surface area (Å²) in [5, 5.41) is 17.8. The smallest absolute Gasteiger partial charge is 0.187 e. The van der Waals surface area contributed by atoms with Crippen molar-refractivity contribution in [1.29, 1.82) is 0 Å². The SMILES string of the molecule is O=C([O-])COc1ccc(/C=N\NC(=S)NC[C@@H]2CCCO2)cc1. The van der Waals surface area contributed by atoms with E-state index in [-0.39, 0.29) is 6.10 Å². The zero-order valence-electron chi connectivity index (χ0n) is 12.5. The van der Waals surface area contributed by atoms with Crippen LogP contribution in [0.15, 0.2) is 29.4 Å². The molecule has 0 amide bonds. The predicted molar refractivity (Wildman–Crippen MR) is 87.2 cm³/mol. The number of thiocarbonyl (C=S) groups is 1. The summed E-state index contributed by atoms with van der Waals surface area (Å²) in [4.78, 5) is 10.3. The topological polar surface area (TPSA) is 95.0 Å². The van der Waals surface area contributed by atoms with Gasteiger partial charge in [0.25, 0.3) is 0 Å². The van der Waals surface area contributed by atoms with Gasteiger partial charge in [0.15, 0.2) is 5.11 Å². The Hall–Kier alpha value is -2.19. The Morgan fingerprint density at radius 2 is 2.26 bits per heavy atom. The molecule has 1 aliphatic rings. The second-order valence-corrected chi connectivity index (χ2v) is 5.35. The van der Waals surface area contributed by atoms with Crippen LogP contribution in [0, 0.1) is 0 Å². The number of hydrogen-bond donors (Lipinski definition) is 2.